The second-order valence-electron chi connectivity index (χ2n) is 4.66. The van der Waals surface area contributed by atoms with E-state index in [1.807, 2.05) is 31.2 Å². The van der Waals surface area contributed by atoms with Gasteiger partial charge in [-0.2, -0.15) is 0 Å². The van der Waals surface area contributed by atoms with Crippen LogP contribution in [0.2, 0.25) is 0 Å². The van der Waals surface area contributed by atoms with E-state index in [9.17, 15) is 0 Å². The van der Waals surface area contributed by atoms with Gasteiger partial charge in [-0.25, -0.2) is 9.97 Å². The van der Waals surface area contributed by atoms with E-state index in [4.69, 9.17) is 10.5 Å². The Bertz CT molecular complexity index is 587. The Balaban J connectivity index is 0.00000200. The van der Waals surface area contributed by atoms with Gasteiger partial charge in [-0.05, 0) is 50.1 Å². The van der Waals surface area contributed by atoms with Crippen molar-refractivity contribution in [3.8, 4) is 5.75 Å². The van der Waals surface area contributed by atoms with Gasteiger partial charge in [0.05, 0.1) is 5.69 Å². The zero-order chi connectivity index (χ0) is 13.8. The smallest absolute Gasteiger partial charge is 0.166 e. The summed E-state index contributed by atoms with van der Waals surface area (Å²) >= 11 is 0. The third-order valence-corrected chi connectivity index (χ3v) is 3.01. The molecular weight excluding hydrogens is 274 g/mol. The van der Waals surface area contributed by atoms with Gasteiger partial charge in [-0.1, -0.05) is 6.07 Å². The van der Waals surface area contributed by atoms with Crippen molar-refractivity contribution in [1.29, 1.82) is 0 Å². The zero-order valence-corrected chi connectivity index (χ0v) is 12.8. The highest BCUT2D eigenvalue weighted by molar-refractivity contribution is 5.85. The lowest BCUT2D eigenvalue weighted by atomic mass is 10.1. The second-order valence-corrected chi connectivity index (χ2v) is 4.66. The molecule has 1 aromatic heterocycles. The first-order valence-electron chi connectivity index (χ1n) is 6.32. The Hall–Kier alpha value is -1.65. The SMILES string of the molecule is Cc1cc(CN)nc(COc2ccc(C)c(C)c2)n1.Cl. The summed E-state index contributed by atoms with van der Waals surface area (Å²) in [5.74, 6) is 1.50. The molecule has 1 heterocycles. The number of halogens is 1. The number of hydrogen-bond donors (Lipinski definition) is 1. The fourth-order valence-electron chi connectivity index (χ4n) is 1.82. The van der Waals surface area contributed by atoms with E-state index in [1.165, 1.54) is 11.1 Å². The quantitative estimate of drug-likeness (QED) is 0.941. The van der Waals surface area contributed by atoms with E-state index < -0.39 is 0 Å². The maximum atomic E-state index is 5.72. The highest BCUT2D eigenvalue weighted by atomic mass is 35.5. The predicted molar refractivity (Wildman–Crippen MR) is 82.2 cm³/mol. The fraction of sp³-hybridized carbons (Fsp3) is 0.333. The van der Waals surface area contributed by atoms with Crippen LogP contribution in [0.25, 0.3) is 0 Å². The highest BCUT2D eigenvalue weighted by Gasteiger charge is 2.03. The molecule has 0 aliphatic heterocycles. The van der Waals surface area contributed by atoms with Gasteiger partial charge in [0.1, 0.15) is 12.4 Å². The van der Waals surface area contributed by atoms with Gasteiger partial charge >= 0.3 is 0 Å². The summed E-state index contributed by atoms with van der Waals surface area (Å²) in [4.78, 5) is 8.69. The summed E-state index contributed by atoms with van der Waals surface area (Å²) in [7, 11) is 0. The van der Waals surface area contributed by atoms with Crippen LogP contribution in [0.4, 0.5) is 0 Å². The normalized spacial score (nSPS) is 10.0. The molecule has 0 aliphatic rings. The fourth-order valence-corrected chi connectivity index (χ4v) is 1.82. The third-order valence-electron chi connectivity index (χ3n) is 3.01. The van der Waals surface area contributed by atoms with Crippen LogP contribution in [-0.2, 0) is 13.2 Å². The molecular formula is C15H20ClN3O. The molecule has 0 saturated carbocycles. The molecule has 4 nitrogen and oxygen atoms in total. The summed E-state index contributed by atoms with van der Waals surface area (Å²) in [6, 6.07) is 7.92. The molecule has 2 N–H and O–H groups in total. The summed E-state index contributed by atoms with van der Waals surface area (Å²) in [6.07, 6.45) is 0. The molecule has 0 atom stereocenters. The van der Waals surface area contributed by atoms with Gasteiger partial charge in [0.15, 0.2) is 5.82 Å². The summed E-state index contributed by atoms with van der Waals surface area (Å²) < 4.78 is 5.72. The number of ether oxygens (including phenoxy) is 1. The standard InChI is InChI=1S/C15H19N3O.ClH/c1-10-4-5-14(6-11(10)2)19-9-15-17-12(3)7-13(8-16)18-15;/h4-7H,8-9,16H2,1-3H3;1H. The minimum Gasteiger partial charge on any atom is -0.486 e. The average Bonchev–Trinajstić information content (AvgIpc) is 2.39. The number of aryl methyl sites for hydroxylation is 3. The van der Waals surface area contributed by atoms with Crippen LogP contribution < -0.4 is 10.5 Å². The molecule has 0 bridgehead atoms. The summed E-state index contributed by atoms with van der Waals surface area (Å²) in [6.45, 7) is 6.85. The minimum absolute atomic E-state index is 0. The van der Waals surface area contributed by atoms with Crippen LogP contribution in [0.15, 0.2) is 24.3 Å². The molecule has 1 aromatic carbocycles. The number of nitrogens with zero attached hydrogens (tertiary/aromatic N) is 2. The van der Waals surface area contributed by atoms with Crippen molar-refractivity contribution >= 4 is 12.4 Å². The van der Waals surface area contributed by atoms with Crippen LogP contribution in [0, 0.1) is 20.8 Å². The molecule has 0 unspecified atom stereocenters. The van der Waals surface area contributed by atoms with Crippen LogP contribution in [0.1, 0.15) is 28.3 Å². The first-order chi connectivity index (χ1) is 9.08. The van der Waals surface area contributed by atoms with Crippen molar-refractivity contribution in [2.45, 2.75) is 33.9 Å². The van der Waals surface area contributed by atoms with Crippen LogP contribution in [0.5, 0.6) is 5.75 Å². The van der Waals surface area contributed by atoms with Gasteiger partial charge in [0.2, 0.25) is 0 Å². The van der Waals surface area contributed by atoms with Crippen molar-refractivity contribution < 1.29 is 4.74 Å². The Labute approximate surface area is 125 Å². The molecule has 2 aromatic rings. The van der Waals surface area contributed by atoms with E-state index in [0.29, 0.717) is 19.0 Å². The zero-order valence-electron chi connectivity index (χ0n) is 12.0. The van der Waals surface area contributed by atoms with Crippen molar-refractivity contribution in [3.05, 3.63) is 52.6 Å². The molecule has 2 rings (SSSR count). The van der Waals surface area contributed by atoms with Crippen LogP contribution in [0.3, 0.4) is 0 Å². The van der Waals surface area contributed by atoms with Crippen LogP contribution in [-0.4, -0.2) is 9.97 Å². The molecule has 0 radical (unpaired) electrons. The first kappa shape index (κ1) is 16.4. The summed E-state index contributed by atoms with van der Waals surface area (Å²) in [5.41, 5.74) is 9.82. The monoisotopic (exact) mass is 293 g/mol. The van der Waals surface area contributed by atoms with Crippen molar-refractivity contribution in [2.24, 2.45) is 5.73 Å². The lowest BCUT2D eigenvalue weighted by Gasteiger charge is -2.09. The van der Waals surface area contributed by atoms with E-state index in [-0.39, 0.29) is 12.4 Å². The third kappa shape index (κ3) is 4.18. The number of benzene rings is 1. The van der Waals surface area contributed by atoms with E-state index in [1.54, 1.807) is 0 Å². The second kappa shape index (κ2) is 7.22. The molecule has 5 heteroatoms. The Morgan fingerprint density at radius 2 is 1.80 bits per heavy atom. The van der Waals surface area contributed by atoms with Gasteiger partial charge in [0.25, 0.3) is 0 Å². The number of aromatic nitrogens is 2. The topological polar surface area (TPSA) is 61.0 Å². The van der Waals surface area contributed by atoms with Crippen molar-refractivity contribution in [3.63, 3.8) is 0 Å². The number of hydrogen-bond acceptors (Lipinski definition) is 4. The van der Waals surface area contributed by atoms with Gasteiger partial charge in [-0.3, -0.25) is 0 Å². The Kier molecular flexibility index (Phi) is 5.92. The highest BCUT2D eigenvalue weighted by Crippen LogP contribution is 2.17. The lowest BCUT2D eigenvalue weighted by Crippen LogP contribution is -2.08. The molecule has 108 valence electrons. The molecule has 20 heavy (non-hydrogen) atoms. The van der Waals surface area contributed by atoms with Crippen molar-refractivity contribution in [2.75, 3.05) is 0 Å². The lowest BCUT2D eigenvalue weighted by molar-refractivity contribution is 0.295. The number of nitrogens with two attached hydrogens (primary N) is 1. The van der Waals surface area contributed by atoms with Gasteiger partial charge in [-0.15, -0.1) is 12.4 Å². The first-order valence-corrected chi connectivity index (χ1v) is 6.32. The Morgan fingerprint density at radius 3 is 2.45 bits per heavy atom. The van der Waals surface area contributed by atoms with E-state index >= 15 is 0 Å². The molecule has 0 fully saturated rings. The summed E-state index contributed by atoms with van der Waals surface area (Å²) in [5, 5.41) is 0. The average molecular weight is 294 g/mol. The van der Waals surface area contributed by atoms with Crippen molar-refractivity contribution in [1.82, 2.24) is 9.97 Å². The largest absolute Gasteiger partial charge is 0.486 e. The molecule has 0 saturated heterocycles. The number of rotatable bonds is 4. The van der Waals surface area contributed by atoms with Gasteiger partial charge < -0.3 is 10.5 Å². The van der Waals surface area contributed by atoms with Crippen LogP contribution >= 0.6 is 12.4 Å². The molecule has 0 spiro atoms. The molecule has 0 amide bonds. The van der Waals surface area contributed by atoms with Gasteiger partial charge in [0, 0.05) is 12.2 Å². The molecule has 0 aliphatic carbocycles. The van der Waals surface area contributed by atoms with E-state index in [0.717, 1.165) is 17.1 Å². The predicted octanol–water partition coefficient (Wildman–Crippen LogP) is 2.86. The van der Waals surface area contributed by atoms with E-state index in [2.05, 4.69) is 23.8 Å². The minimum atomic E-state index is 0. The maximum Gasteiger partial charge on any atom is 0.166 e. The maximum absolute atomic E-state index is 5.72. The Morgan fingerprint density at radius 1 is 1.05 bits per heavy atom.